The van der Waals surface area contributed by atoms with Crippen molar-refractivity contribution in [3.63, 3.8) is 0 Å². The molecule has 0 unspecified atom stereocenters. The SMILES string of the molecule is CNCCCNC(=O)c1occc1C. The highest BCUT2D eigenvalue weighted by Gasteiger charge is 2.10. The maximum atomic E-state index is 11.5. The van der Waals surface area contributed by atoms with Gasteiger partial charge < -0.3 is 15.1 Å². The molecule has 1 aromatic rings. The monoisotopic (exact) mass is 196 g/mol. The Morgan fingerprint density at radius 3 is 2.86 bits per heavy atom. The van der Waals surface area contributed by atoms with Crippen LogP contribution in [0.15, 0.2) is 16.7 Å². The third-order valence-corrected chi connectivity index (χ3v) is 1.96. The van der Waals surface area contributed by atoms with E-state index in [0.717, 1.165) is 18.5 Å². The Kier molecular flexibility index (Phi) is 4.19. The number of carbonyl (C=O) groups is 1. The van der Waals surface area contributed by atoms with Crippen molar-refractivity contribution in [3.8, 4) is 0 Å². The van der Waals surface area contributed by atoms with Crippen molar-refractivity contribution in [1.82, 2.24) is 10.6 Å². The van der Waals surface area contributed by atoms with Gasteiger partial charge >= 0.3 is 0 Å². The summed E-state index contributed by atoms with van der Waals surface area (Å²) in [5.74, 6) is 0.276. The third kappa shape index (κ3) is 2.88. The van der Waals surface area contributed by atoms with Crippen molar-refractivity contribution in [3.05, 3.63) is 23.7 Å². The van der Waals surface area contributed by atoms with Crippen LogP contribution < -0.4 is 10.6 Å². The number of hydrogen-bond donors (Lipinski definition) is 2. The largest absolute Gasteiger partial charge is 0.459 e. The van der Waals surface area contributed by atoms with Crippen molar-refractivity contribution < 1.29 is 9.21 Å². The molecule has 78 valence electrons. The van der Waals surface area contributed by atoms with Gasteiger partial charge in [-0.2, -0.15) is 0 Å². The predicted molar refractivity (Wildman–Crippen MR) is 54.3 cm³/mol. The molecule has 14 heavy (non-hydrogen) atoms. The fourth-order valence-corrected chi connectivity index (χ4v) is 1.15. The second kappa shape index (κ2) is 5.44. The lowest BCUT2D eigenvalue weighted by Crippen LogP contribution is -2.26. The zero-order chi connectivity index (χ0) is 10.4. The second-order valence-corrected chi connectivity index (χ2v) is 3.15. The van der Waals surface area contributed by atoms with Gasteiger partial charge in [0.25, 0.3) is 5.91 Å². The number of rotatable bonds is 5. The van der Waals surface area contributed by atoms with Gasteiger partial charge in [0.05, 0.1) is 6.26 Å². The number of furan rings is 1. The molecule has 0 aliphatic heterocycles. The maximum Gasteiger partial charge on any atom is 0.287 e. The van der Waals surface area contributed by atoms with Crippen LogP contribution in [0.2, 0.25) is 0 Å². The van der Waals surface area contributed by atoms with Crippen LogP contribution in [0.1, 0.15) is 22.5 Å². The molecule has 4 nitrogen and oxygen atoms in total. The number of nitrogens with one attached hydrogen (secondary N) is 2. The first kappa shape index (κ1) is 10.8. The lowest BCUT2D eigenvalue weighted by Gasteiger charge is -2.02. The molecule has 0 fully saturated rings. The molecule has 0 spiro atoms. The van der Waals surface area contributed by atoms with Crippen LogP contribution in [-0.2, 0) is 0 Å². The van der Waals surface area contributed by atoms with Gasteiger partial charge in [0, 0.05) is 12.1 Å². The number of amides is 1. The summed E-state index contributed by atoms with van der Waals surface area (Å²) in [5, 5.41) is 5.80. The highest BCUT2D eigenvalue weighted by molar-refractivity contribution is 5.92. The minimum absolute atomic E-state index is 0.136. The predicted octanol–water partition coefficient (Wildman–Crippen LogP) is 0.927. The Hall–Kier alpha value is -1.29. The van der Waals surface area contributed by atoms with Gasteiger partial charge in [-0.15, -0.1) is 0 Å². The average Bonchev–Trinajstić information content (AvgIpc) is 2.59. The summed E-state index contributed by atoms with van der Waals surface area (Å²) in [4.78, 5) is 11.5. The smallest absolute Gasteiger partial charge is 0.287 e. The summed E-state index contributed by atoms with van der Waals surface area (Å²) in [5.41, 5.74) is 0.871. The fraction of sp³-hybridized carbons (Fsp3) is 0.500. The molecular formula is C10H16N2O2. The fourth-order valence-electron chi connectivity index (χ4n) is 1.15. The van der Waals surface area contributed by atoms with Crippen LogP contribution in [0.4, 0.5) is 0 Å². The third-order valence-electron chi connectivity index (χ3n) is 1.96. The summed E-state index contributed by atoms with van der Waals surface area (Å²) in [7, 11) is 1.89. The second-order valence-electron chi connectivity index (χ2n) is 3.15. The van der Waals surface area contributed by atoms with E-state index >= 15 is 0 Å². The van der Waals surface area contributed by atoms with E-state index in [1.54, 1.807) is 6.07 Å². The van der Waals surface area contributed by atoms with Crippen LogP contribution >= 0.6 is 0 Å². The Labute approximate surface area is 83.7 Å². The van der Waals surface area contributed by atoms with Crippen molar-refractivity contribution in [1.29, 1.82) is 0 Å². The molecule has 0 bridgehead atoms. The molecule has 1 heterocycles. The van der Waals surface area contributed by atoms with Gasteiger partial charge in [-0.25, -0.2) is 0 Å². The molecule has 4 heteroatoms. The Morgan fingerprint density at radius 1 is 1.50 bits per heavy atom. The zero-order valence-corrected chi connectivity index (χ0v) is 8.59. The van der Waals surface area contributed by atoms with Gasteiger partial charge in [0.2, 0.25) is 0 Å². The summed E-state index contributed by atoms with van der Waals surface area (Å²) >= 11 is 0. The maximum absolute atomic E-state index is 11.5. The molecule has 1 aromatic heterocycles. The van der Waals surface area contributed by atoms with E-state index in [0.29, 0.717) is 12.3 Å². The normalized spacial score (nSPS) is 10.1. The molecule has 0 aromatic carbocycles. The Morgan fingerprint density at radius 2 is 2.29 bits per heavy atom. The topological polar surface area (TPSA) is 54.3 Å². The van der Waals surface area contributed by atoms with Gasteiger partial charge in [0.15, 0.2) is 5.76 Å². The molecule has 2 N–H and O–H groups in total. The van der Waals surface area contributed by atoms with E-state index in [9.17, 15) is 4.79 Å². The molecule has 0 aliphatic rings. The minimum Gasteiger partial charge on any atom is -0.459 e. The van der Waals surface area contributed by atoms with Crippen LogP contribution in [0.3, 0.4) is 0 Å². The highest BCUT2D eigenvalue weighted by Crippen LogP contribution is 2.07. The van der Waals surface area contributed by atoms with Gasteiger partial charge in [-0.05, 0) is 33.0 Å². The summed E-state index contributed by atoms with van der Waals surface area (Å²) < 4.78 is 5.06. The van der Waals surface area contributed by atoms with E-state index in [4.69, 9.17) is 4.42 Å². The standard InChI is InChI=1S/C10H16N2O2/c1-8-4-7-14-9(8)10(13)12-6-3-5-11-2/h4,7,11H,3,5-6H2,1-2H3,(H,12,13). The Balaban J connectivity index is 2.32. The molecule has 0 radical (unpaired) electrons. The van der Waals surface area contributed by atoms with E-state index in [1.807, 2.05) is 14.0 Å². The molecule has 0 aliphatic carbocycles. The van der Waals surface area contributed by atoms with Gasteiger partial charge in [-0.3, -0.25) is 4.79 Å². The van der Waals surface area contributed by atoms with Crippen LogP contribution in [-0.4, -0.2) is 26.0 Å². The van der Waals surface area contributed by atoms with Crippen molar-refractivity contribution in [2.75, 3.05) is 20.1 Å². The molecular weight excluding hydrogens is 180 g/mol. The lowest BCUT2D eigenvalue weighted by molar-refractivity contribution is 0.0924. The van der Waals surface area contributed by atoms with Crippen LogP contribution in [0, 0.1) is 6.92 Å². The molecule has 0 saturated heterocycles. The summed E-state index contributed by atoms with van der Waals surface area (Å²) in [6, 6.07) is 1.78. The Bertz CT molecular complexity index is 294. The molecule has 1 amide bonds. The quantitative estimate of drug-likeness (QED) is 0.689. The summed E-state index contributed by atoms with van der Waals surface area (Å²) in [6.45, 7) is 3.42. The van der Waals surface area contributed by atoms with Gasteiger partial charge in [0.1, 0.15) is 0 Å². The summed E-state index contributed by atoms with van der Waals surface area (Å²) in [6.07, 6.45) is 2.44. The number of carbonyl (C=O) groups excluding carboxylic acids is 1. The number of aryl methyl sites for hydroxylation is 1. The number of hydrogen-bond acceptors (Lipinski definition) is 3. The minimum atomic E-state index is -0.136. The van der Waals surface area contributed by atoms with Crippen molar-refractivity contribution in [2.45, 2.75) is 13.3 Å². The van der Waals surface area contributed by atoms with Gasteiger partial charge in [-0.1, -0.05) is 0 Å². The first-order chi connectivity index (χ1) is 6.75. The van der Waals surface area contributed by atoms with E-state index in [1.165, 1.54) is 6.26 Å². The molecule has 0 saturated carbocycles. The molecule has 1 rings (SSSR count). The van der Waals surface area contributed by atoms with E-state index in [2.05, 4.69) is 10.6 Å². The van der Waals surface area contributed by atoms with Crippen molar-refractivity contribution >= 4 is 5.91 Å². The first-order valence-electron chi connectivity index (χ1n) is 4.72. The van der Waals surface area contributed by atoms with Crippen molar-refractivity contribution in [2.24, 2.45) is 0 Å². The first-order valence-corrected chi connectivity index (χ1v) is 4.72. The lowest BCUT2D eigenvalue weighted by atomic mass is 10.2. The van der Waals surface area contributed by atoms with E-state index < -0.39 is 0 Å². The molecule has 0 atom stereocenters. The van der Waals surface area contributed by atoms with E-state index in [-0.39, 0.29) is 5.91 Å². The van der Waals surface area contributed by atoms with Crippen LogP contribution in [0.25, 0.3) is 0 Å². The van der Waals surface area contributed by atoms with Crippen LogP contribution in [0.5, 0.6) is 0 Å². The average molecular weight is 196 g/mol. The zero-order valence-electron chi connectivity index (χ0n) is 8.59. The highest BCUT2D eigenvalue weighted by atomic mass is 16.3.